The summed E-state index contributed by atoms with van der Waals surface area (Å²) in [6.45, 7) is 42.9. The third-order valence-electron chi connectivity index (χ3n) is 16.8. The molecule has 4 saturated heterocycles. The van der Waals surface area contributed by atoms with Crippen molar-refractivity contribution in [2.45, 2.75) is 313 Å². The van der Waals surface area contributed by atoms with Crippen LogP contribution >= 0.6 is 22.4 Å². The monoisotopic (exact) mass is 1660 g/mol. The molecule has 4 aliphatic rings. The third kappa shape index (κ3) is 27.9. The van der Waals surface area contributed by atoms with Crippen molar-refractivity contribution < 1.29 is 84.1 Å². The van der Waals surface area contributed by atoms with E-state index in [0.29, 0.717) is 53.8 Å². The Kier molecular flexibility index (Phi) is 29.9. The van der Waals surface area contributed by atoms with E-state index in [4.69, 9.17) is 83.6 Å². The zero-order valence-electron chi connectivity index (χ0n) is 69.4. The van der Waals surface area contributed by atoms with Gasteiger partial charge in [-0.25, -0.2) is 48.6 Å². The fraction of sp³-hybridized carbons (Fsp3) is 0.750. The van der Waals surface area contributed by atoms with Gasteiger partial charge in [0.1, 0.15) is 60.6 Å². The number of aromatic nitrogens is 12. The van der Waals surface area contributed by atoms with Crippen LogP contribution < -0.4 is 34.0 Å². The summed E-state index contributed by atoms with van der Waals surface area (Å²) in [5.41, 5.74) is 8.79. The van der Waals surface area contributed by atoms with Crippen molar-refractivity contribution in [2.24, 2.45) is 21.7 Å². The number of methoxy groups -OCH3 is 2. The molecule has 0 aliphatic carbocycles. The van der Waals surface area contributed by atoms with E-state index >= 15 is 0 Å². The first-order valence-electron chi connectivity index (χ1n) is 37.0. The Morgan fingerprint density at radius 1 is 0.464 bits per heavy atom. The van der Waals surface area contributed by atoms with Crippen LogP contribution in [0.25, 0.3) is 22.3 Å². The molecular formula is C72H121N14O22P3S. The molecule has 0 saturated carbocycles. The van der Waals surface area contributed by atoms with E-state index in [1.807, 2.05) is 66.9 Å². The summed E-state index contributed by atoms with van der Waals surface area (Å²) < 4.78 is 107. The highest BCUT2D eigenvalue weighted by Gasteiger charge is 2.53. The Morgan fingerprint density at radius 3 is 1.16 bits per heavy atom. The van der Waals surface area contributed by atoms with Crippen LogP contribution in [0.4, 0.5) is 11.6 Å². The number of rotatable bonds is 20. The number of nitrogens with two attached hydrogens (primary N) is 2. The van der Waals surface area contributed by atoms with Gasteiger partial charge in [0.2, 0.25) is 0 Å². The summed E-state index contributed by atoms with van der Waals surface area (Å²) >= 11 is 5.17. The Morgan fingerprint density at radius 2 is 0.812 bits per heavy atom. The third-order valence-corrected chi connectivity index (χ3v) is 21.2. The van der Waals surface area contributed by atoms with Crippen LogP contribution in [0.15, 0.2) is 69.0 Å². The van der Waals surface area contributed by atoms with Gasteiger partial charge >= 0.3 is 33.7 Å². The van der Waals surface area contributed by atoms with Crippen LogP contribution in [-0.4, -0.2) is 170 Å². The lowest BCUT2D eigenvalue weighted by molar-refractivity contribution is -0.123. The van der Waals surface area contributed by atoms with Gasteiger partial charge in [-0.15, -0.1) is 0 Å². The predicted octanol–water partition coefficient (Wildman–Crippen LogP) is 11.2. The molecule has 0 bridgehead atoms. The summed E-state index contributed by atoms with van der Waals surface area (Å²) in [4.78, 5) is 107. The second kappa shape index (κ2) is 35.8. The molecule has 36 nitrogen and oxygen atoms in total. The van der Waals surface area contributed by atoms with Gasteiger partial charge in [-0.1, -0.05) is 83.1 Å². The van der Waals surface area contributed by atoms with Gasteiger partial charge < -0.3 is 68.4 Å². The summed E-state index contributed by atoms with van der Waals surface area (Å²) in [6.07, 6.45) is 4.34. The molecule has 6 aromatic heterocycles. The van der Waals surface area contributed by atoms with Crippen molar-refractivity contribution in [3.63, 3.8) is 0 Å². The number of imidazole rings is 2. The average molecular weight is 1660 g/mol. The van der Waals surface area contributed by atoms with E-state index in [2.05, 4.69) is 81.4 Å². The molecule has 4 aliphatic heterocycles. The lowest BCUT2D eigenvalue weighted by atomic mass is 9.87. The normalized spacial score (nSPS) is 26.5. The zero-order valence-corrected chi connectivity index (χ0v) is 72.9. The van der Waals surface area contributed by atoms with E-state index in [1.165, 1.54) is 59.8 Å². The first-order valence-corrected chi connectivity index (χ1v) is 42.6. The van der Waals surface area contributed by atoms with Crippen molar-refractivity contribution in [2.75, 3.05) is 25.7 Å². The minimum absolute atomic E-state index is 0.0694. The van der Waals surface area contributed by atoms with Crippen molar-refractivity contribution >= 4 is 68.1 Å². The molecule has 0 spiro atoms. The minimum Gasteiger partial charge on any atom is -0.382 e. The van der Waals surface area contributed by atoms with E-state index < -0.39 is 123 Å². The van der Waals surface area contributed by atoms with Crippen molar-refractivity contribution in [3.05, 3.63) is 91.5 Å². The average Bonchev–Trinajstić information content (AvgIpc) is 1.61. The number of phosphoric ester groups is 2. The molecule has 10 heterocycles. The number of hydrogen-bond acceptors (Lipinski definition) is 28. The molecule has 0 aromatic carbocycles. The van der Waals surface area contributed by atoms with Crippen LogP contribution in [0.5, 0.6) is 0 Å². The number of ether oxygens (including phenoxy) is 7. The summed E-state index contributed by atoms with van der Waals surface area (Å²) in [6, 6.07) is 2.48. The summed E-state index contributed by atoms with van der Waals surface area (Å²) in [5.74, 6) is 0.590. The topological polar surface area (TPSA) is 464 Å². The number of nitrogen functional groups attached to an aromatic ring is 2. The number of anilines is 2. The van der Waals surface area contributed by atoms with Crippen LogP contribution in [0.3, 0.4) is 0 Å². The number of nitrogens with zero attached hydrogens (tertiary/aromatic N) is 10. The number of hydrogen-bond donors (Lipinski definition) is 7. The van der Waals surface area contributed by atoms with Gasteiger partial charge in [0.15, 0.2) is 35.4 Å². The van der Waals surface area contributed by atoms with E-state index in [1.54, 1.807) is 80.3 Å². The molecular weight excluding hydrogens is 1540 g/mol. The van der Waals surface area contributed by atoms with Crippen molar-refractivity contribution in [3.8, 4) is 0 Å². The van der Waals surface area contributed by atoms with E-state index in [0.717, 1.165) is 6.42 Å². The Labute approximate surface area is 659 Å². The fourth-order valence-corrected chi connectivity index (χ4v) is 18.0. The standard InChI is InChI=1S/C19H32N5O6P.C19H31N5O3.C17H29N2O7P.C17H29N2O6PS/c1-18(2,3)8-11-13(29-31(25,26)30-19(4,5)6)14(27-7)17(28-11)24-10-23-12-15(20)21-9-22-16(12)24;1-18(2,3)8-11-13(27-19(4,5)6)14(25-7)17(26-11)24-10-23-12-15(20)21-9-22-16(12)24;1-16(2,3)10-12-11(25-27(22,23)26-17(4,5)6)9-14(24-12)19-8-7-13(20)18-15(19)21;1-16(2,3)10-12-11(24-26(22,27)25-17(4,5)6)9-14(23-12)19-8-7-13(20)18-15(19)21/h9-11,13-14,17H,8H2,1-7H3,(H,25,26)(H2,20,21,22);9-11,13-14,17H,8H2,1-7H3,(H2,20,21,22);7-8,11-12,14H,9-10H2,1-6H3,(H,22,23)(H,18,20,21);7-8,11-12,14H,9-10H2,1-6H3,(H,22,27)(H,18,20,21)/t2*11-,13?,14+,17-;11?,12-,14-;11?,12-,14-,26?/m1111/s1. The lowest BCUT2D eigenvalue weighted by Gasteiger charge is -2.32. The molecule has 0 amide bonds. The smallest absolute Gasteiger partial charge is 0.382 e. The molecule has 10 rings (SSSR count). The highest BCUT2D eigenvalue weighted by atomic mass is 32.5. The van der Waals surface area contributed by atoms with Gasteiger partial charge in [-0.3, -0.25) is 55.9 Å². The fourth-order valence-electron chi connectivity index (χ4n) is 13.1. The maximum absolute atomic E-state index is 12.8. The molecule has 40 heteroatoms. The van der Waals surface area contributed by atoms with Gasteiger partial charge in [0.05, 0.1) is 71.7 Å². The van der Waals surface area contributed by atoms with Gasteiger partial charge in [0, 0.05) is 51.6 Å². The Balaban J connectivity index is 0.000000208. The molecule has 6 aromatic rings. The highest BCUT2D eigenvalue weighted by molar-refractivity contribution is 8.07. The highest BCUT2D eigenvalue weighted by Crippen LogP contribution is 2.56. The molecule has 112 heavy (non-hydrogen) atoms. The van der Waals surface area contributed by atoms with Crippen LogP contribution in [0.2, 0.25) is 0 Å². The first-order chi connectivity index (χ1) is 51.0. The largest absolute Gasteiger partial charge is 0.473 e. The first kappa shape index (κ1) is 93.7. The number of H-pyrrole nitrogens is 2. The number of fused-ring (bicyclic) bond motifs is 2. The van der Waals surface area contributed by atoms with E-state index in [9.17, 15) is 43.0 Å². The lowest BCUT2D eigenvalue weighted by Crippen LogP contribution is -2.42. The molecule has 7 unspecified atom stereocenters. The molecule has 4 fully saturated rings. The van der Waals surface area contributed by atoms with E-state index in [-0.39, 0.29) is 63.9 Å². The van der Waals surface area contributed by atoms with Crippen molar-refractivity contribution in [1.82, 2.24) is 58.1 Å². The maximum atomic E-state index is 12.8. The minimum atomic E-state index is -4.41. The SMILES string of the molecule is CC(C)(C)C[C@H]1O[C@@H](n2ccc(=O)[nH]c2=O)CC1OP(=O)(O)OC(C)(C)C.CC(C)(C)C[C@H]1O[C@@H](n2ccc(=O)[nH]c2=O)CC1OP(O)(=S)OC(C)(C)C.CO[C@H]1C(OC(C)(C)C)[C@@H](CC(C)(C)C)O[C@H]1n1cnc2c(N)ncnc21.CO[C@H]1C(OP(=O)(O)OC(C)(C)C)[C@@H](CC(C)(C)C)O[C@H]1n1cnc2c(N)ncnc21. The zero-order chi connectivity index (χ0) is 84.4. The molecule has 0 radical (unpaired) electrons. The van der Waals surface area contributed by atoms with Gasteiger partial charge in [-0.2, -0.15) is 0 Å². The van der Waals surface area contributed by atoms with Gasteiger partial charge in [0.25, 0.3) is 11.1 Å². The Hall–Kier alpha value is -5.47. The second-order valence-corrected chi connectivity index (χ2v) is 42.5. The van der Waals surface area contributed by atoms with Gasteiger partial charge in [-0.05, 0) is 142 Å². The second-order valence-electron chi connectivity index (χ2n) is 37.1. The molecule has 17 atom stereocenters. The van der Waals surface area contributed by atoms with Crippen LogP contribution in [-0.2, 0) is 81.2 Å². The van der Waals surface area contributed by atoms with Crippen molar-refractivity contribution in [1.29, 1.82) is 0 Å². The Bertz CT molecular complexity index is 4400. The summed E-state index contributed by atoms with van der Waals surface area (Å²) in [5, 5.41) is 0. The molecule has 9 N–H and O–H groups in total. The number of nitrogens with one attached hydrogen (secondary N) is 2. The maximum Gasteiger partial charge on any atom is 0.473 e. The predicted molar refractivity (Wildman–Crippen MR) is 423 cm³/mol. The quantitative estimate of drug-likeness (QED) is 0.0349. The van der Waals surface area contributed by atoms with Crippen LogP contribution in [0.1, 0.15) is 230 Å². The number of aromatic amines is 2. The molecule has 632 valence electrons. The summed E-state index contributed by atoms with van der Waals surface area (Å²) in [7, 11) is -5.56. The number of phosphoric acid groups is 2. The van der Waals surface area contributed by atoms with Crippen LogP contribution in [0, 0.1) is 21.7 Å².